The van der Waals surface area contributed by atoms with E-state index in [1.54, 1.807) is 0 Å². The molecule has 0 amide bonds. The van der Waals surface area contributed by atoms with Gasteiger partial charge in [0.1, 0.15) is 6.54 Å². The highest BCUT2D eigenvalue weighted by Gasteiger charge is 2.31. The molecule has 0 saturated heterocycles. The van der Waals surface area contributed by atoms with Gasteiger partial charge in [-0.2, -0.15) is 22.0 Å². The summed E-state index contributed by atoms with van der Waals surface area (Å²) in [5.41, 5.74) is 5.27. The van der Waals surface area contributed by atoms with E-state index in [0.717, 1.165) is 29.2 Å². The van der Waals surface area contributed by atoms with Crippen molar-refractivity contribution in [2.24, 2.45) is 5.73 Å². The van der Waals surface area contributed by atoms with E-state index in [1.807, 2.05) is 0 Å². The van der Waals surface area contributed by atoms with Gasteiger partial charge in [-0.1, -0.05) is 0 Å². The Labute approximate surface area is 118 Å². The number of alkyl halides is 5. The van der Waals surface area contributed by atoms with Crippen molar-refractivity contribution >= 4 is 15.5 Å². The number of hydrogen-bond donors (Lipinski definition) is 1. The van der Waals surface area contributed by atoms with Gasteiger partial charge in [0.05, 0.1) is 4.90 Å². The van der Waals surface area contributed by atoms with Crippen molar-refractivity contribution in [2.75, 3.05) is 24.5 Å². The Bertz CT molecular complexity index is 557. The molecule has 0 aromatic heterocycles. The minimum absolute atomic E-state index is 0.0472. The zero-order chi connectivity index (χ0) is 16.3. The van der Waals surface area contributed by atoms with E-state index in [1.165, 1.54) is 0 Å². The lowest BCUT2D eigenvalue weighted by molar-refractivity contribution is -0.119. The molecule has 0 unspecified atom stereocenters. The quantitative estimate of drug-likeness (QED) is 0.810. The predicted octanol–water partition coefficient (Wildman–Crippen LogP) is 2.01. The fourth-order valence-corrected chi connectivity index (χ4v) is 2.34. The number of anilines is 1. The monoisotopic (exact) mass is 332 g/mol. The van der Waals surface area contributed by atoms with E-state index >= 15 is 0 Å². The first-order valence-corrected chi connectivity index (χ1v) is 7.26. The van der Waals surface area contributed by atoms with Crippen molar-refractivity contribution in [1.29, 1.82) is 0 Å². The number of sulfone groups is 1. The van der Waals surface area contributed by atoms with Gasteiger partial charge in [0.25, 0.3) is 0 Å². The Morgan fingerprint density at radius 1 is 1.14 bits per heavy atom. The number of nitrogens with zero attached hydrogens (tertiary/aromatic N) is 1. The van der Waals surface area contributed by atoms with Crippen LogP contribution in [0.4, 0.5) is 27.6 Å². The average Bonchev–Trinajstić information content (AvgIpc) is 2.36. The van der Waals surface area contributed by atoms with E-state index in [9.17, 15) is 30.4 Å². The van der Waals surface area contributed by atoms with Gasteiger partial charge in [0.2, 0.25) is 9.84 Å². The van der Waals surface area contributed by atoms with Gasteiger partial charge in [0, 0.05) is 18.8 Å². The van der Waals surface area contributed by atoms with Crippen LogP contribution in [0.25, 0.3) is 0 Å². The van der Waals surface area contributed by atoms with E-state index in [4.69, 9.17) is 5.73 Å². The molecule has 0 atom stereocenters. The predicted molar refractivity (Wildman–Crippen MR) is 67.0 cm³/mol. The molecule has 0 bridgehead atoms. The highest BCUT2D eigenvalue weighted by molar-refractivity contribution is 7.91. The first-order valence-electron chi connectivity index (χ1n) is 5.72. The second-order valence-corrected chi connectivity index (χ2v) is 6.04. The summed E-state index contributed by atoms with van der Waals surface area (Å²) in [4.78, 5) is 0.236. The normalized spacial score (nSPS) is 12.7. The van der Waals surface area contributed by atoms with Crippen LogP contribution in [0.5, 0.6) is 0 Å². The molecule has 0 saturated carbocycles. The van der Waals surface area contributed by atoms with Gasteiger partial charge >= 0.3 is 11.9 Å². The van der Waals surface area contributed by atoms with Gasteiger partial charge in [0.15, 0.2) is 0 Å². The Balaban J connectivity index is 3.03. The van der Waals surface area contributed by atoms with Crippen molar-refractivity contribution in [3.8, 4) is 0 Å². The summed E-state index contributed by atoms with van der Waals surface area (Å²) in [6.45, 7) is -1.43. The third-order valence-electron chi connectivity index (χ3n) is 2.53. The molecule has 0 spiro atoms. The number of rotatable bonds is 6. The highest BCUT2D eigenvalue weighted by atomic mass is 32.2. The minimum atomic E-state index is -4.77. The maximum atomic E-state index is 12.4. The molecule has 0 fully saturated rings. The molecular formula is C11H13F5N2O2S. The fourth-order valence-electron chi connectivity index (χ4n) is 1.62. The smallest absolute Gasteiger partial charge is 0.361 e. The molecule has 4 nitrogen and oxygen atoms in total. The van der Waals surface area contributed by atoms with Crippen LogP contribution in [0.15, 0.2) is 29.2 Å². The summed E-state index contributed by atoms with van der Waals surface area (Å²) >= 11 is 0. The van der Waals surface area contributed by atoms with Crippen LogP contribution in [0.1, 0.15) is 0 Å². The first-order chi connectivity index (χ1) is 9.58. The lowest BCUT2D eigenvalue weighted by Crippen LogP contribution is -2.37. The van der Waals surface area contributed by atoms with Crippen LogP contribution in [-0.4, -0.2) is 40.0 Å². The Morgan fingerprint density at radius 3 is 2.05 bits per heavy atom. The van der Waals surface area contributed by atoms with Gasteiger partial charge < -0.3 is 10.6 Å². The third kappa shape index (κ3) is 4.81. The zero-order valence-corrected chi connectivity index (χ0v) is 11.5. The second-order valence-electron chi connectivity index (χ2n) is 4.12. The molecule has 0 aliphatic carbocycles. The zero-order valence-electron chi connectivity index (χ0n) is 10.6. The molecule has 1 rings (SSSR count). The minimum Gasteiger partial charge on any atom is -0.361 e. The average molecular weight is 332 g/mol. The molecule has 1 aromatic carbocycles. The van der Waals surface area contributed by atoms with Crippen LogP contribution in [0.2, 0.25) is 0 Å². The molecule has 0 heterocycles. The topological polar surface area (TPSA) is 63.4 Å². The lowest BCUT2D eigenvalue weighted by Gasteiger charge is -2.25. The molecule has 1 aromatic rings. The summed E-state index contributed by atoms with van der Waals surface area (Å²) in [5, 5.41) is 0. The highest BCUT2D eigenvalue weighted by Crippen LogP contribution is 2.25. The Hall–Kier alpha value is -1.42. The van der Waals surface area contributed by atoms with Crippen molar-refractivity contribution < 1.29 is 30.4 Å². The Morgan fingerprint density at radius 2 is 1.67 bits per heavy atom. The molecule has 0 aliphatic rings. The number of benzene rings is 1. The summed E-state index contributed by atoms with van der Waals surface area (Å²) in [5.74, 6) is -3.58. The van der Waals surface area contributed by atoms with E-state index in [0.29, 0.717) is 0 Å². The van der Waals surface area contributed by atoms with E-state index < -0.39 is 33.2 Å². The third-order valence-corrected chi connectivity index (χ3v) is 3.93. The van der Waals surface area contributed by atoms with Gasteiger partial charge in [-0.15, -0.1) is 0 Å². The lowest BCUT2D eigenvalue weighted by atomic mass is 10.3. The molecule has 10 heteroatoms. The number of nitrogens with two attached hydrogens (primary N) is 1. The summed E-state index contributed by atoms with van der Waals surface area (Å²) in [7, 11) is -4.77. The van der Waals surface area contributed by atoms with Crippen molar-refractivity contribution in [2.45, 2.75) is 16.8 Å². The molecule has 21 heavy (non-hydrogen) atoms. The van der Waals surface area contributed by atoms with Gasteiger partial charge in [-0.25, -0.2) is 8.42 Å². The van der Waals surface area contributed by atoms with E-state index in [-0.39, 0.29) is 18.8 Å². The molecule has 2 N–H and O–H groups in total. The van der Waals surface area contributed by atoms with Crippen molar-refractivity contribution in [3.63, 3.8) is 0 Å². The standard InChI is InChI=1S/C11H13F5N2O2S/c12-10(13)21(19,20)9-3-1-8(2-4-9)18(6-5-17)7-11(14,15)16/h1-4,10H,5-7,17H2. The number of halogens is 5. The largest absolute Gasteiger partial charge is 0.405 e. The van der Waals surface area contributed by atoms with Gasteiger partial charge in [-0.05, 0) is 24.3 Å². The maximum Gasteiger partial charge on any atom is 0.405 e. The second kappa shape index (κ2) is 6.56. The van der Waals surface area contributed by atoms with Crippen LogP contribution >= 0.6 is 0 Å². The molecule has 0 radical (unpaired) electrons. The van der Waals surface area contributed by atoms with Crippen molar-refractivity contribution in [1.82, 2.24) is 0 Å². The molecule has 120 valence electrons. The summed E-state index contributed by atoms with van der Waals surface area (Å²) in [6.07, 6.45) is -4.47. The van der Waals surface area contributed by atoms with Crippen LogP contribution in [-0.2, 0) is 9.84 Å². The van der Waals surface area contributed by atoms with Crippen LogP contribution in [0.3, 0.4) is 0 Å². The fraction of sp³-hybridized carbons (Fsp3) is 0.455. The van der Waals surface area contributed by atoms with Crippen LogP contribution < -0.4 is 10.6 Å². The van der Waals surface area contributed by atoms with Crippen molar-refractivity contribution in [3.05, 3.63) is 24.3 Å². The summed E-state index contributed by atoms with van der Waals surface area (Å²) in [6, 6.07) is 3.76. The molecular weight excluding hydrogens is 319 g/mol. The Kier molecular flexibility index (Phi) is 5.51. The number of hydrogen-bond acceptors (Lipinski definition) is 4. The SMILES string of the molecule is NCCN(CC(F)(F)F)c1ccc(S(=O)(=O)C(F)F)cc1. The van der Waals surface area contributed by atoms with E-state index in [2.05, 4.69) is 0 Å². The maximum absolute atomic E-state index is 12.4. The van der Waals surface area contributed by atoms with Crippen LogP contribution in [0, 0.1) is 0 Å². The van der Waals surface area contributed by atoms with Gasteiger partial charge in [-0.3, -0.25) is 0 Å². The molecule has 0 aliphatic heterocycles. The first kappa shape index (κ1) is 17.6. The summed E-state index contributed by atoms with van der Waals surface area (Å²) < 4.78 is 84.3.